The molecule has 1 heterocycles. The SMILES string of the molecule is Cc1cc(CN[C@H]2C[C@@H]3CC[C@H]2C3)c(C)n1-c1ccc(Cl)cc1. The van der Waals surface area contributed by atoms with Crippen LogP contribution in [0.1, 0.15) is 42.6 Å². The van der Waals surface area contributed by atoms with E-state index in [0.29, 0.717) is 0 Å². The van der Waals surface area contributed by atoms with Crippen molar-refractivity contribution in [2.24, 2.45) is 11.8 Å². The normalized spacial score (nSPS) is 26.1. The van der Waals surface area contributed by atoms with Gasteiger partial charge in [0.1, 0.15) is 0 Å². The highest BCUT2D eigenvalue weighted by molar-refractivity contribution is 6.30. The van der Waals surface area contributed by atoms with Crippen molar-refractivity contribution in [3.63, 3.8) is 0 Å². The van der Waals surface area contributed by atoms with E-state index >= 15 is 0 Å². The lowest BCUT2D eigenvalue weighted by molar-refractivity contribution is 0.350. The van der Waals surface area contributed by atoms with Crippen LogP contribution in [-0.4, -0.2) is 10.6 Å². The van der Waals surface area contributed by atoms with Crippen LogP contribution in [0, 0.1) is 25.7 Å². The highest BCUT2D eigenvalue weighted by Gasteiger charge is 2.39. The first-order chi connectivity index (χ1) is 11.1. The maximum atomic E-state index is 6.02. The van der Waals surface area contributed by atoms with Gasteiger partial charge >= 0.3 is 0 Å². The Balaban J connectivity index is 1.51. The Morgan fingerprint density at radius 2 is 1.91 bits per heavy atom. The number of benzene rings is 1. The van der Waals surface area contributed by atoms with Crippen LogP contribution in [0.4, 0.5) is 0 Å². The van der Waals surface area contributed by atoms with E-state index in [1.165, 1.54) is 48.3 Å². The lowest BCUT2D eigenvalue weighted by Crippen LogP contribution is -2.33. The molecule has 0 radical (unpaired) electrons. The number of rotatable bonds is 4. The zero-order valence-electron chi connectivity index (χ0n) is 14.0. The van der Waals surface area contributed by atoms with Crippen molar-refractivity contribution in [1.82, 2.24) is 9.88 Å². The van der Waals surface area contributed by atoms with Gasteiger partial charge in [-0.25, -0.2) is 0 Å². The molecule has 0 amide bonds. The van der Waals surface area contributed by atoms with E-state index in [0.717, 1.165) is 29.4 Å². The van der Waals surface area contributed by atoms with Gasteiger partial charge in [-0.1, -0.05) is 18.0 Å². The van der Waals surface area contributed by atoms with Gasteiger partial charge in [0.2, 0.25) is 0 Å². The molecule has 4 rings (SSSR count). The van der Waals surface area contributed by atoms with Crippen molar-refractivity contribution in [3.8, 4) is 5.69 Å². The molecule has 2 saturated carbocycles. The summed E-state index contributed by atoms with van der Waals surface area (Å²) in [5, 5.41) is 4.62. The van der Waals surface area contributed by atoms with Crippen molar-refractivity contribution in [3.05, 3.63) is 52.3 Å². The maximum absolute atomic E-state index is 6.02. The third-order valence-corrected chi connectivity index (χ3v) is 6.17. The van der Waals surface area contributed by atoms with E-state index in [1.807, 2.05) is 12.1 Å². The third-order valence-electron chi connectivity index (χ3n) is 5.91. The van der Waals surface area contributed by atoms with Gasteiger partial charge in [0.15, 0.2) is 0 Å². The smallest absolute Gasteiger partial charge is 0.0456 e. The summed E-state index contributed by atoms with van der Waals surface area (Å²) < 4.78 is 2.33. The standard InChI is InChI=1S/C20H25ClN2/c1-13-9-17(12-22-20-11-15-3-4-16(20)10-15)14(2)23(13)19-7-5-18(21)6-8-19/h5-9,15-16,20,22H,3-4,10-12H2,1-2H3/t15-,16+,20+/m1/s1. The largest absolute Gasteiger partial charge is 0.318 e. The predicted octanol–water partition coefficient (Wildman–Crippen LogP) is 5.03. The molecule has 0 saturated heterocycles. The van der Waals surface area contributed by atoms with E-state index in [-0.39, 0.29) is 0 Å². The van der Waals surface area contributed by atoms with Crippen LogP contribution in [0.3, 0.4) is 0 Å². The average Bonchev–Trinajstić information content (AvgIpc) is 3.22. The van der Waals surface area contributed by atoms with Crippen LogP contribution in [0.15, 0.2) is 30.3 Å². The number of nitrogens with one attached hydrogen (secondary N) is 1. The molecule has 2 aliphatic rings. The quantitative estimate of drug-likeness (QED) is 0.833. The van der Waals surface area contributed by atoms with E-state index in [1.54, 1.807) is 0 Å². The Morgan fingerprint density at radius 1 is 1.13 bits per heavy atom. The van der Waals surface area contributed by atoms with E-state index in [4.69, 9.17) is 11.6 Å². The van der Waals surface area contributed by atoms with Crippen LogP contribution in [0.25, 0.3) is 5.69 Å². The van der Waals surface area contributed by atoms with Crippen molar-refractivity contribution in [2.45, 2.75) is 52.1 Å². The van der Waals surface area contributed by atoms with Gasteiger partial charge in [-0.3, -0.25) is 0 Å². The molecule has 1 aromatic carbocycles. The molecule has 3 atom stereocenters. The molecular weight excluding hydrogens is 304 g/mol. The molecule has 3 heteroatoms. The van der Waals surface area contributed by atoms with Gasteiger partial charge in [-0.15, -0.1) is 0 Å². The summed E-state index contributed by atoms with van der Waals surface area (Å²) in [4.78, 5) is 0. The van der Waals surface area contributed by atoms with E-state index in [2.05, 4.69) is 41.9 Å². The van der Waals surface area contributed by atoms with Gasteiger partial charge in [-0.05, 0) is 80.8 Å². The van der Waals surface area contributed by atoms with Crippen molar-refractivity contribution in [2.75, 3.05) is 0 Å². The fourth-order valence-electron chi connectivity index (χ4n) is 4.73. The Labute approximate surface area is 143 Å². The second kappa shape index (κ2) is 5.99. The fourth-order valence-corrected chi connectivity index (χ4v) is 4.86. The number of fused-ring (bicyclic) bond motifs is 2. The molecule has 2 bridgehead atoms. The highest BCUT2D eigenvalue weighted by Crippen LogP contribution is 2.44. The molecule has 122 valence electrons. The first-order valence-electron chi connectivity index (χ1n) is 8.79. The molecule has 0 spiro atoms. The minimum absolute atomic E-state index is 0.743. The van der Waals surface area contributed by atoms with E-state index in [9.17, 15) is 0 Å². The number of hydrogen-bond acceptors (Lipinski definition) is 1. The van der Waals surface area contributed by atoms with Crippen LogP contribution in [0.2, 0.25) is 5.02 Å². The fraction of sp³-hybridized carbons (Fsp3) is 0.500. The van der Waals surface area contributed by atoms with Crippen LogP contribution < -0.4 is 5.32 Å². The number of aryl methyl sites for hydroxylation is 1. The number of aromatic nitrogens is 1. The minimum atomic E-state index is 0.743. The van der Waals surface area contributed by atoms with Crippen LogP contribution in [0.5, 0.6) is 0 Å². The first kappa shape index (κ1) is 15.3. The molecule has 0 aliphatic heterocycles. The molecular formula is C20H25ClN2. The van der Waals surface area contributed by atoms with Crippen molar-refractivity contribution >= 4 is 11.6 Å². The maximum Gasteiger partial charge on any atom is 0.0456 e. The molecule has 2 aliphatic carbocycles. The Hall–Kier alpha value is -1.25. The second-order valence-electron chi connectivity index (χ2n) is 7.37. The van der Waals surface area contributed by atoms with Gasteiger partial charge in [0.05, 0.1) is 0 Å². The molecule has 2 aromatic rings. The molecule has 1 N–H and O–H groups in total. The highest BCUT2D eigenvalue weighted by atomic mass is 35.5. The minimum Gasteiger partial charge on any atom is -0.318 e. The van der Waals surface area contributed by atoms with Gasteiger partial charge < -0.3 is 9.88 Å². The summed E-state index contributed by atoms with van der Waals surface area (Å²) in [7, 11) is 0. The Bertz CT molecular complexity index is 701. The monoisotopic (exact) mass is 328 g/mol. The van der Waals surface area contributed by atoms with Crippen molar-refractivity contribution in [1.29, 1.82) is 0 Å². The van der Waals surface area contributed by atoms with Gasteiger partial charge in [0.25, 0.3) is 0 Å². The summed E-state index contributed by atoms with van der Waals surface area (Å²) in [5.41, 5.74) is 5.23. The second-order valence-corrected chi connectivity index (χ2v) is 7.81. The lowest BCUT2D eigenvalue weighted by atomic mass is 9.95. The molecule has 2 nitrogen and oxygen atoms in total. The van der Waals surface area contributed by atoms with E-state index < -0.39 is 0 Å². The number of nitrogens with zero attached hydrogens (tertiary/aromatic N) is 1. The molecule has 0 unspecified atom stereocenters. The molecule has 1 aromatic heterocycles. The molecule has 2 fully saturated rings. The number of hydrogen-bond donors (Lipinski definition) is 1. The zero-order valence-corrected chi connectivity index (χ0v) is 14.7. The Morgan fingerprint density at radius 3 is 2.57 bits per heavy atom. The zero-order chi connectivity index (χ0) is 16.0. The van der Waals surface area contributed by atoms with Crippen LogP contribution >= 0.6 is 11.6 Å². The number of halogens is 1. The summed E-state index contributed by atoms with van der Waals surface area (Å²) in [5.74, 6) is 1.93. The summed E-state index contributed by atoms with van der Waals surface area (Å²) >= 11 is 6.02. The first-order valence-corrected chi connectivity index (χ1v) is 9.17. The summed E-state index contributed by atoms with van der Waals surface area (Å²) in [6.45, 7) is 5.39. The molecule has 23 heavy (non-hydrogen) atoms. The Kier molecular flexibility index (Phi) is 3.98. The third kappa shape index (κ3) is 2.83. The average molecular weight is 329 g/mol. The van der Waals surface area contributed by atoms with Gasteiger partial charge in [0, 0.05) is 34.7 Å². The predicted molar refractivity (Wildman–Crippen MR) is 96.3 cm³/mol. The summed E-state index contributed by atoms with van der Waals surface area (Å²) in [6.07, 6.45) is 5.75. The topological polar surface area (TPSA) is 17.0 Å². The van der Waals surface area contributed by atoms with Crippen LogP contribution in [-0.2, 0) is 6.54 Å². The lowest BCUT2D eigenvalue weighted by Gasteiger charge is -2.23. The van der Waals surface area contributed by atoms with Gasteiger partial charge in [-0.2, -0.15) is 0 Å². The summed E-state index contributed by atoms with van der Waals surface area (Å²) in [6, 6.07) is 11.2. The van der Waals surface area contributed by atoms with Crippen molar-refractivity contribution < 1.29 is 0 Å².